The predicted molar refractivity (Wildman–Crippen MR) is 76.5 cm³/mol. The second-order valence-corrected chi connectivity index (χ2v) is 4.05. The lowest BCUT2D eigenvalue weighted by Gasteiger charge is -2.10. The molecule has 2 aromatic rings. The lowest BCUT2D eigenvalue weighted by molar-refractivity contribution is 0.0697. The van der Waals surface area contributed by atoms with Crippen molar-refractivity contribution in [2.75, 3.05) is 17.7 Å². The van der Waals surface area contributed by atoms with E-state index in [1.54, 1.807) is 24.4 Å². The molecular weight excluding hydrogens is 258 g/mol. The molecule has 2 rings (SSSR count). The van der Waals surface area contributed by atoms with E-state index >= 15 is 0 Å². The number of nitrogen functional groups attached to an aromatic ring is 1. The zero-order valence-electron chi connectivity index (χ0n) is 11.0. The molecule has 6 heteroatoms. The van der Waals surface area contributed by atoms with Gasteiger partial charge in [0, 0.05) is 6.07 Å². The number of nitrogens with two attached hydrogens (primary N) is 1. The fraction of sp³-hybridized carbons (Fsp3) is 0.143. The van der Waals surface area contributed by atoms with Gasteiger partial charge in [-0.25, -0.2) is 9.78 Å². The fourth-order valence-corrected chi connectivity index (χ4v) is 1.64. The number of nitrogens with zero attached hydrogens (tertiary/aromatic N) is 1. The smallest absolute Gasteiger partial charge is 0.335 e. The van der Waals surface area contributed by atoms with Crippen LogP contribution in [0.5, 0.6) is 5.88 Å². The van der Waals surface area contributed by atoms with Crippen LogP contribution in [0.4, 0.5) is 17.1 Å². The van der Waals surface area contributed by atoms with Gasteiger partial charge in [0.05, 0.1) is 35.4 Å². The molecule has 1 heterocycles. The van der Waals surface area contributed by atoms with Crippen LogP contribution in [0.15, 0.2) is 36.5 Å². The molecule has 0 radical (unpaired) electrons. The molecule has 0 fully saturated rings. The lowest BCUT2D eigenvalue weighted by Crippen LogP contribution is -2.02. The summed E-state index contributed by atoms with van der Waals surface area (Å²) >= 11 is 0. The average molecular weight is 273 g/mol. The van der Waals surface area contributed by atoms with Gasteiger partial charge in [-0.3, -0.25) is 0 Å². The summed E-state index contributed by atoms with van der Waals surface area (Å²) in [5.41, 5.74) is 7.66. The molecule has 104 valence electrons. The third-order valence-electron chi connectivity index (χ3n) is 2.61. The third kappa shape index (κ3) is 3.17. The number of ether oxygens (including phenoxy) is 1. The lowest BCUT2D eigenvalue weighted by atomic mass is 10.1. The number of hydrogen-bond acceptors (Lipinski definition) is 5. The number of anilines is 3. The fourth-order valence-electron chi connectivity index (χ4n) is 1.64. The van der Waals surface area contributed by atoms with E-state index in [1.165, 1.54) is 12.1 Å². The van der Waals surface area contributed by atoms with Crippen LogP contribution in [-0.4, -0.2) is 22.7 Å². The summed E-state index contributed by atoms with van der Waals surface area (Å²) in [6, 6.07) is 8.00. The summed E-state index contributed by atoms with van der Waals surface area (Å²) < 4.78 is 5.24. The topological polar surface area (TPSA) is 97.5 Å². The van der Waals surface area contributed by atoms with Crippen LogP contribution < -0.4 is 15.8 Å². The van der Waals surface area contributed by atoms with Crippen molar-refractivity contribution < 1.29 is 14.6 Å². The number of rotatable bonds is 5. The van der Waals surface area contributed by atoms with Crippen LogP contribution in [0.3, 0.4) is 0 Å². The van der Waals surface area contributed by atoms with Crippen LogP contribution in [0.2, 0.25) is 0 Å². The van der Waals surface area contributed by atoms with Gasteiger partial charge in [-0.05, 0) is 31.2 Å². The highest BCUT2D eigenvalue weighted by molar-refractivity contribution is 5.91. The van der Waals surface area contributed by atoms with E-state index in [9.17, 15) is 4.79 Å². The first-order valence-electron chi connectivity index (χ1n) is 6.09. The molecule has 1 aromatic carbocycles. The standard InChI is InChI=1S/C14H15N3O3/c1-2-20-13-6-4-10(8-16-13)17-12-7-9(14(18)19)3-5-11(12)15/h3-8,17H,2,15H2,1H3,(H,18,19). The maximum Gasteiger partial charge on any atom is 0.335 e. The molecule has 20 heavy (non-hydrogen) atoms. The van der Waals surface area contributed by atoms with Crippen molar-refractivity contribution in [1.82, 2.24) is 4.98 Å². The van der Waals surface area contributed by atoms with Crippen molar-refractivity contribution in [2.45, 2.75) is 6.92 Å². The van der Waals surface area contributed by atoms with Gasteiger partial charge in [0.25, 0.3) is 0 Å². The minimum absolute atomic E-state index is 0.167. The number of benzene rings is 1. The summed E-state index contributed by atoms with van der Waals surface area (Å²) in [6.45, 7) is 2.43. The Kier molecular flexibility index (Phi) is 4.05. The Morgan fingerprint density at radius 1 is 1.40 bits per heavy atom. The molecule has 0 atom stereocenters. The summed E-state index contributed by atoms with van der Waals surface area (Å²) in [5, 5.41) is 12.0. The third-order valence-corrected chi connectivity index (χ3v) is 2.61. The summed E-state index contributed by atoms with van der Waals surface area (Å²) in [4.78, 5) is 15.0. The van der Waals surface area contributed by atoms with Gasteiger partial charge in [0.2, 0.25) is 5.88 Å². The molecular formula is C14H15N3O3. The SMILES string of the molecule is CCOc1ccc(Nc2cc(C(=O)O)ccc2N)cn1. The average Bonchev–Trinajstić information content (AvgIpc) is 2.43. The second-order valence-electron chi connectivity index (χ2n) is 4.05. The van der Waals surface area contributed by atoms with Gasteiger partial charge in [-0.1, -0.05) is 0 Å². The number of carboxylic acid groups (broad SMARTS) is 1. The normalized spacial score (nSPS) is 10.1. The largest absolute Gasteiger partial charge is 0.478 e. The number of carbonyl (C=O) groups is 1. The summed E-state index contributed by atoms with van der Waals surface area (Å²) in [5.74, 6) is -0.469. The molecule has 4 N–H and O–H groups in total. The maximum absolute atomic E-state index is 10.9. The number of pyridine rings is 1. The monoisotopic (exact) mass is 273 g/mol. The Morgan fingerprint density at radius 2 is 2.20 bits per heavy atom. The molecule has 0 unspecified atom stereocenters. The quantitative estimate of drug-likeness (QED) is 0.724. The number of hydrogen-bond donors (Lipinski definition) is 3. The molecule has 0 aliphatic rings. The van der Waals surface area contributed by atoms with Crippen molar-refractivity contribution in [3.8, 4) is 5.88 Å². The minimum Gasteiger partial charge on any atom is -0.478 e. The molecule has 1 aromatic heterocycles. The highest BCUT2D eigenvalue weighted by Crippen LogP contribution is 2.24. The van der Waals surface area contributed by atoms with E-state index < -0.39 is 5.97 Å². The van der Waals surface area contributed by atoms with E-state index in [0.29, 0.717) is 29.5 Å². The van der Waals surface area contributed by atoms with Gasteiger partial charge >= 0.3 is 5.97 Å². The number of carboxylic acids is 1. The molecule has 0 amide bonds. The van der Waals surface area contributed by atoms with Crippen LogP contribution in [0.1, 0.15) is 17.3 Å². The van der Waals surface area contributed by atoms with Gasteiger partial charge in [-0.15, -0.1) is 0 Å². The van der Waals surface area contributed by atoms with Gasteiger partial charge < -0.3 is 20.9 Å². The van der Waals surface area contributed by atoms with E-state index in [4.69, 9.17) is 15.6 Å². The number of nitrogens with one attached hydrogen (secondary N) is 1. The maximum atomic E-state index is 10.9. The molecule has 0 aliphatic carbocycles. The van der Waals surface area contributed by atoms with Crippen molar-refractivity contribution in [3.63, 3.8) is 0 Å². The minimum atomic E-state index is -1.00. The predicted octanol–water partition coefficient (Wildman–Crippen LogP) is 2.50. The van der Waals surface area contributed by atoms with Crippen LogP contribution >= 0.6 is 0 Å². The molecule has 0 saturated carbocycles. The van der Waals surface area contributed by atoms with Gasteiger partial charge in [-0.2, -0.15) is 0 Å². The Labute approximate surface area is 116 Å². The van der Waals surface area contributed by atoms with Crippen molar-refractivity contribution >= 4 is 23.0 Å². The number of aromatic nitrogens is 1. The van der Waals surface area contributed by atoms with Gasteiger partial charge in [0.1, 0.15) is 0 Å². The van der Waals surface area contributed by atoms with Gasteiger partial charge in [0.15, 0.2) is 0 Å². The zero-order chi connectivity index (χ0) is 14.5. The van der Waals surface area contributed by atoms with Crippen molar-refractivity contribution in [2.24, 2.45) is 0 Å². The highest BCUT2D eigenvalue weighted by Gasteiger charge is 2.07. The van der Waals surface area contributed by atoms with Crippen LogP contribution in [0, 0.1) is 0 Å². The van der Waals surface area contributed by atoms with Crippen molar-refractivity contribution in [3.05, 3.63) is 42.1 Å². The van der Waals surface area contributed by atoms with E-state index in [1.807, 2.05) is 6.92 Å². The zero-order valence-corrected chi connectivity index (χ0v) is 11.0. The summed E-state index contributed by atoms with van der Waals surface area (Å²) in [7, 11) is 0. The van der Waals surface area contributed by atoms with Crippen molar-refractivity contribution in [1.29, 1.82) is 0 Å². The first-order valence-corrected chi connectivity index (χ1v) is 6.09. The van der Waals surface area contributed by atoms with Crippen LogP contribution in [-0.2, 0) is 0 Å². The van der Waals surface area contributed by atoms with E-state index in [0.717, 1.165) is 0 Å². The first kappa shape index (κ1) is 13.7. The van der Waals surface area contributed by atoms with E-state index in [2.05, 4.69) is 10.3 Å². The molecule has 0 spiro atoms. The Hall–Kier alpha value is -2.76. The Balaban J connectivity index is 2.20. The Morgan fingerprint density at radius 3 is 2.80 bits per heavy atom. The first-order chi connectivity index (χ1) is 9.60. The highest BCUT2D eigenvalue weighted by atomic mass is 16.5. The van der Waals surface area contributed by atoms with Crippen LogP contribution in [0.25, 0.3) is 0 Å². The molecule has 6 nitrogen and oxygen atoms in total. The Bertz CT molecular complexity index is 612. The molecule has 0 aliphatic heterocycles. The summed E-state index contributed by atoms with van der Waals surface area (Å²) in [6.07, 6.45) is 1.60. The molecule has 0 saturated heterocycles. The second kappa shape index (κ2) is 5.92. The number of aromatic carboxylic acids is 1. The molecule has 0 bridgehead atoms. The van der Waals surface area contributed by atoms with E-state index in [-0.39, 0.29) is 5.56 Å².